The number of benzene rings is 2. The van der Waals surface area contributed by atoms with E-state index in [4.69, 9.17) is 4.74 Å². The zero-order valence-corrected chi connectivity index (χ0v) is 14.2. The van der Waals surface area contributed by atoms with Crippen LogP contribution in [0.25, 0.3) is 0 Å². The molecule has 0 unspecified atom stereocenters. The van der Waals surface area contributed by atoms with Crippen LogP contribution in [0.3, 0.4) is 0 Å². The number of alkyl halides is 3. The fourth-order valence-electron chi connectivity index (χ4n) is 1.95. The van der Waals surface area contributed by atoms with Gasteiger partial charge < -0.3 is 15.4 Å². The molecule has 0 aliphatic carbocycles. The average molecular weight is 403 g/mol. The molecule has 0 saturated heterocycles. The van der Waals surface area contributed by atoms with Crippen LogP contribution in [-0.2, 0) is 11.0 Å². The standard InChI is InChI=1S/C16H14BrF3N2O2/c1-24-12-6-7-14(13(8-12)16(18,19)20)21-9-15(23)22-11-4-2-10(17)3-5-11/h2-8,21H,9H2,1H3,(H,22,23). The zero-order valence-electron chi connectivity index (χ0n) is 12.6. The van der Waals surface area contributed by atoms with Crippen molar-refractivity contribution in [2.75, 3.05) is 24.3 Å². The summed E-state index contributed by atoms with van der Waals surface area (Å²) in [6, 6.07) is 10.4. The summed E-state index contributed by atoms with van der Waals surface area (Å²) in [6.45, 7) is -0.300. The van der Waals surface area contributed by atoms with Crippen LogP contribution in [0.2, 0.25) is 0 Å². The van der Waals surface area contributed by atoms with Crippen molar-refractivity contribution < 1.29 is 22.7 Å². The molecule has 0 aliphatic rings. The first-order valence-corrected chi connectivity index (χ1v) is 7.63. The summed E-state index contributed by atoms with van der Waals surface area (Å²) in [6.07, 6.45) is -4.56. The molecule has 0 spiro atoms. The molecule has 128 valence electrons. The largest absolute Gasteiger partial charge is 0.497 e. The number of anilines is 2. The lowest BCUT2D eigenvalue weighted by Crippen LogP contribution is -2.23. The third-order valence-corrected chi connectivity index (χ3v) is 3.63. The quantitative estimate of drug-likeness (QED) is 0.772. The number of rotatable bonds is 5. The summed E-state index contributed by atoms with van der Waals surface area (Å²) in [5.74, 6) is -0.367. The monoisotopic (exact) mass is 402 g/mol. The van der Waals surface area contributed by atoms with Gasteiger partial charge in [-0.3, -0.25) is 4.79 Å². The Morgan fingerprint density at radius 1 is 1.17 bits per heavy atom. The van der Waals surface area contributed by atoms with Gasteiger partial charge in [0.25, 0.3) is 0 Å². The van der Waals surface area contributed by atoms with Gasteiger partial charge in [0, 0.05) is 15.8 Å². The van der Waals surface area contributed by atoms with Gasteiger partial charge in [-0.1, -0.05) is 15.9 Å². The van der Waals surface area contributed by atoms with Gasteiger partial charge in [0.15, 0.2) is 0 Å². The van der Waals surface area contributed by atoms with Crippen LogP contribution in [-0.4, -0.2) is 19.6 Å². The van der Waals surface area contributed by atoms with Gasteiger partial charge >= 0.3 is 6.18 Å². The minimum Gasteiger partial charge on any atom is -0.497 e. The molecule has 0 saturated carbocycles. The summed E-state index contributed by atoms with van der Waals surface area (Å²) in [5.41, 5.74) is -0.525. The van der Waals surface area contributed by atoms with Crippen molar-refractivity contribution >= 4 is 33.2 Å². The first-order valence-electron chi connectivity index (χ1n) is 6.84. The Bertz CT molecular complexity index is 718. The van der Waals surface area contributed by atoms with Crippen molar-refractivity contribution in [1.29, 1.82) is 0 Å². The average Bonchev–Trinajstić information content (AvgIpc) is 2.54. The van der Waals surface area contributed by atoms with Crippen LogP contribution < -0.4 is 15.4 Å². The lowest BCUT2D eigenvalue weighted by Gasteiger charge is -2.15. The number of hydrogen-bond acceptors (Lipinski definition) is 3. The molecule has 0 radical (unpaired) electrons. The van der Waals surface area contributed by atoms with Crippen molar-refractivity contribution in [1.82, 2.24) is 0 Å². The number of nitrogens with one attached hydrogen (secondary N) is 2. The summed E-state index contributed by atoms with van der Waals surface area (Å²) < 4.78 is 44.9. The lowest BCUT2D eigenvalue weighted by atomic mass is 10.1. The first kappa shape index (κ1) is 18.1. The Hall–Kier alpha value is -2.22. The predicted molar refractivity (Wildman–Crippen MR) is 89.3 cm³/mol. The summed E-state index contributed by atoms with van der Waals surface area (Å²) in [7, 11) is 1.29. The summed E-state index contributed by atoms with van der Waals surface area (Å²) in [5, 5.41) is 5.10. The fraction of sp³-hybridized carbons (Fsp3) is 0.188. The molecular weight excluding hydrogens is 389 g/mol. The number of halogens is 4. The number of amides is 1. The van der Waals surface area contributed by atoms with E-state index < -0.39 is 17.6 Å². The molecule has 0 bridgehead atoms. The molecular formula is C16H14BrF3N2O2. The predicted octanol–water partition coefficient (Wildman–Crippen LogP) is 4.53. The maximum atomic E-state index is 13.1. The molecule has 2 N–H and O–H groups in total. The Labute approximate surface area is 145 Å². The molecule has 24 heavy (non-hydrogen) atoms. The van der Waals surface area contributed by atoms with Gasteiger partial charge in [0.1, 0.15) is 5.75 Å². The van der Waals surface area contributed by atoms with E-state index in [9.17, 15) is 18.0 Å². The van der Waals surface area contributed by atoms with Gasteiger partial charge in [-0.2, -0.15) is 13.2 Å². The van der Waals surface area contributed by atoms with E-state index in [-0.39, 0.29) is 18.0 Å². The normalized spacial score (nSPS) is 11.0. The fourth-order valence-corrected chi connectivity index (χ4v) is 2.22. The third-order valence-electron chi connectivity index (χ3n) is 3.10. The third kappa shape index (κ3) is 4.89. The summed E-state index contributed by atoms with van der Waals surface area (Å²) in [4.78, 5) is 11.9. The van der Waals surface area contributed by atoms with Crippen LogP contribution in [0, 0.1) is 0 Å². The van der Waals surface area contributed by atoms with Crippen molar-refractivity contribution in [2.45, 2.75) is 6.18 Å². The Morgan fingerprint density at radius 3 is 2.42 bits per heavy atom. The van der Waals surface area contributed by atoms with E-state index in [1.165, 1.54) is 19.2 Å². The van der Waals surface area contributed by atoms with Gasteiger partial charge in [-0.25, -0.2) is 0 Å². The topological polar surface area (TPSA) is 50.4 Å². The number of ether oxygens (including phenoxy) is 1. The smallest absolute Gasteiger partial charge is 0.418 e. The first-order chi connectivity index (χ1) is 11.3. The van der Waals surface area contributed by atoms with E-state index in [0.29, 0.717) is 5.69 Å². The molecule has 2 rings (SSSR count). The molecule has 0 aliphatic heterocycles. The van der Waals surface area contributed by atoms with E-state index in [0.717, 1.165) is 10.5 Å². The van der Waals surface area contributed by atoms with Gasteiger partial charge in [-0.05, 0) is 42.5 Å². The molecule has 1 amide bonds. The second-order valence-electron chi connectivity index (χ2n) is 4.82. The molecule has 0 fully saturated rings. The van der Waals surface area contributed by atoms with E-state index in [2.05, 4.69) is 26.6 Å². The molecule has 0 atom stereocenters. The molecule has 0 aromatic heterocycles. The Morgan fingerprint density at radius 2 is 1.83 bits per heavy atom. The van der Waals surface area contributed by atoms with Crippen molar-refractivity contribution in [3.05, 3.63) is 52.5 Å². The minimum absolute atomic E-state index is 0.0900. The second kappa shape index (κ2) is 7.57. The number of methoxy groups -OCH3 is 1. The molecule has 0 heterocycles. The Kier molecular flexibility index (Phi) is 5.71. The van der Waals surface area contributed by atoms with Crippen LogP contribution in [0.4, 0.5) is 24.5 Å². The van der Waals surface area contributed by atoms with Gasteiger partial charge in [0.2, 0.25) is 5.91 Å². The van der Waals surface area contributed by atoms with Crippen LogP contribution in [0.15, 0.2) is 46.9 Å². The maximum Gasteiger partial charge on any atom is 0.418 e. The number of hydrogen-bond donors (Lipinski definition) is 2. The van der Waals surface area contributed by atoms with E-state index >= 15 is 0 Å². The Balaban J connectivity index is 2.05. The second-order valence-corrected chi connectivity index (χ2v) is 5.73. The highest BCUT2D eigenvalue weighted by Crippen LogP contribution is 2.37. The molecule has 4 nitrogen and oxygen atoms in total. The van der Waals surface area contributed by atoms with Crippen molar-refractivity contribution in [2.24, 2.45) is 0 Å². The lowest BCUT2D eigenvalue weighted by molar-refractivity contribution is -0.137. The number of carbonyl (C=O) groups excluding carboxylic acids is 1. The van der Waals surface area contributed by atoms with Crippen LogP contribution >= 0.6 is 15.9 Å². The molecule has 2 aromatic carbocycles. The summed E-state index contributed by atoms with van der Waals surface area (Å²) >= 11 is 3.27. The molecule has 2 aromatic rings. The number of carbonyl (C=O) groups is 1. The van der Waals surface area contributed by atoms with Gasteiger partial charge in [0.05, 0.1) is 19.2 Å². The SMILES string of the molecule is COc1ccc(NCC(=O)Nc2ccc(Br)cc2)c(C(F)(F)F)c1. The maximum absolute atomic E-state index is 13.1. The highest BCUT2D eigenvalue weighted by molar-refractivity contribution is 9.10. The van der Waals surface area contributed by atoms with Gasteiger partial charge in [-0.15, -0.1) is 0 Å². The van der Waals surface area contributed by atoms with Crippen LogP contribution in [0.5, 0.6) is 5.75 Å². The highest BCUT2D eigenvalue weighted by atomic mass is 79.9. The molecule has 8 heteroatoms. The van der Waals surface area contributed by atoms with E-state index in [1.807, 2.05) is 0 Å². The van der Waals surface area contributed by atoms with Crippen LogP contribution in [0.1, 0.15) is 5.56 Å². The van der Waals surface area contributed by atoms with Crippen molar-refractivity contribution in [3.8, 4) is 5.75 Å². The van der Waals surface area contributed by atoms with E-state index in [1.54, 1.807) is 24.3 Å². The zero-order chi connectivity index (χ0) is 17.7. The van der Waals surface area contributed by atoms with Crippen molar-refractivity contribution in [3.63, 3.8) is 0 Å². The highest BCUT2D eigenvalue weighted by Gasteiger charge is 2.34. The minimum atomic E-state index is -4.56.